The van der Waals surface area contributed by atoms with Gasteiger partial charge in [-0.05, 0) is 34.5 Å². The average Bonchev–Trinajstić information content (AvgIpc) is 2.05. The first-order valence-electron chi connectivity index (χ1n) is 3.31. The van der Waals surface area contributed by atoms with Crippen LogP contribution in [0.15, 0.2) is 22.9 Å². The number of pyridine rings is 1. The zero-order valence-electron chi connectivity index (χ0n) is 6.21. The number of halogens is 1. The van der Waals surface area contributed by atoms with Crippen LogP contribution in [0.4, 0.5) is 0 Å². The van der Waals surface area contributed by atoms with Crippen molar-refractivity contribution in [3.05, 3.63) is 28.5 Å². The Balaban J connectivity index is 2.92. The van der Waals surface area contributed by atoms with Crippen LogP contribution in [0.3, 0.4) is 0 Å². The summed E-state index contributed by atoms with van der Waals surface area (Å²) < 4.78 is 0.838. The molecule has 0 aliphatic carbocycles. The minimum absolute atomic E-state index is 0.149. The molecule has 0 aliphatic rings. The lowest BCUT2D eigenvalue weighted by Gasteiger charge is -2.01. The molecule has 0 radical (unpaired) electrons. The maximum Gasteiger partial charge on any atom is 0.106 e. The van der Waals surface area contributed by atoms with Gasteiger partial charge in [0.15, 0.2) is 0 Å². The average molecular weight is 210 g/mol. The molecule has 0 amide bonds. The zero-order chi connectivity index (χ0) is 8.27. The molecular weight excluding hydrogens is 202 g/mol. The number of hydrogen-bond donors (Lipinski definition) is 0. The van der Waals surface area contributed by atoms with Gasteiger partial charge in [-0.15, -0.1) is 6.42 Å². The van der Waals surface area contributed by atoms with E-state index in [0.29, 0.717) is 0 Å². The van der Waals surface area contributed by atoms with Gasteiger partial charge in [0.2, 0.25) is 0 Å². The van der Waals surface area contributed by atoms with Crippen molar-refractivity contribution in [1.82, 2.24) is 4.98 Å². The van der Waals surface area contributed by atoms with Gasteiger partial charge in [-0.3, -0.25) is 0 Å². The van der Waals surface area contributed by atoms with E-state index in [-0.39, 0.29) is 5.92 Å². The standard InChI is InChI=1S/C9H8BrN/c1-3-7(2)8-4-5-9(10)11-6-8/h1,4-7H,2H3. The van der Waals surface area contributed by atoms with Gasteiger partial charge in [-0.25, -0.2) is 4.98 Å². The molecule has 0 bridgehead atoms. The molecule has 0 aliphatic heterocycles. The molecule has 1 heterocycles. The summed E-state index contributed by atoms with van der Waals surface area (Å²) in [5.41, 5.74) is 1.08. The monoisotopic (exact) mass is 209 g/mol. The molecule has 1 aromatic heterocycles. The highest BCUT2D eigenvalue weighted by atomic mass is 79.9. The molecule has 0 fully saturated rings. The number of nitrogens with zero attached hydrogens (tertiary/aromatic N) is 1. The van der Waals surface area contributed by atoms with Gasteiger partial charge in [0.05, 0.1) is 0 Å². The third-order valence-corrected chi connectivity index (χ3v) is 1.97. The van der Waals surface area contributed by atoms with E-state index in [4.69, 9.17) is 6.42 Å². The van der Waals surface area contributed by atoms with E-state index in [1.165, 1.54) is 0 Å². The van der Waals surface area contributed by atoms with Crippen molar-refractivity contribution in [2.75, 3.05) is 0 Å². The van der Waals surface area contributed by atoms with Crippen molar-refractivity contribution in [2.45, 2.75) is 12.8 Å². The van der Waals surface area contributed by atoms with Crippen LogP contribution in [0.5, 0.6) is 0 Å². The molecule has 1 aromatic rings. The van der Waals surface area contributed by atoms with Crippen molar-refractivity contribution in [2.24, 2.45) is 0 Å². The van der Waals surface area contributed by atoms with E-state index in [2.05, 4.69) is 26.8 Å². The molecule has 0 N–H and O–H groups in total. The van der Waals surface area contributed by atoms with Gasteiger partial charge in [-0.1, -0.05) is 12.0 Å². The number of rotatable bonds is 1. The molecule has 1 nitrogen and oxygen atoms in total. The van der Waals surface area contributed by atoms with Gasteiger partial charge >= 0.3 is 0 Å². The summed E-state index contributed by atoms with van der Waals surface area (Å²) >= 11 is 3.25. The summed E-state index contributed by atoms with van der Waals surface area (Å²) in [5, 5.41) is 0. The molecule has 1 unspecified atom stereocenters. The van der Waals surface area contributed by atoms with Gasteiger partial charge in [0.25, 0.3) is 0 Å². The predicted octanol–water partition coefficient (Wildman–Crippen LogP) is 2.58. The van der Waals surface area contributed by atoms with Crippen LogP contribution in [0.25, 0.3) is 0 Å². The highest BCUT2D eigenvalue weighted by Gasteiger charge is 1.99. The molecule has 1 rings (SSSR count). The van der Waals surface area contributed by atoms with Gasteiger partial charge in [0, 0.05) is 12.1 Å². The SMILES string of the molecule is C#CC(C)c1ccc(Br)nc1. The lowest BCUT2D eigenvalue weighted by molar-refractivity contribution is 0.984. The molecule has 56 valence electrons. The Hall–Kier alpha value is -0.810. The summed E-state index contributed by atoms with van der Waals surface area (Å²) in [6.07, 6.45) is 7.04. The van der Waals surface area contributed by atoms with E-state index in [1.54, 1.807) is 6.20 Å². The summed E-state index contributed by atoms with van der Waals surface area (Å²) in [4.78, 5) is 4.07. The Bertz CT molecular complexity index is 271. The zero-order valence-corrected chi connectivity index (χ0v) is 7.80. The quantitative estimate of drug-likeness (QED) is 0.512. The van der Waals surface area contributed by atoms with E-state index in [9.17, 15) is 0 Å². The molecule has 0 aromatic carbocycles. The van der Waals surface area contributed by atoms with Crippen molar-refractivity contribution < 1.29 is 0 Å². The smallest absolute Gasteiger partial charge is 0.106 e. The van der Waals surface area contributed by atoms with Crippen LogP contribution in [0.1, 0.15) is 18.4 Å². The Morgan fingerprint density at radius 1 is 1.64 bits per heavy atom. The highest BCUT2D eigenvalue weighted by molar-refractivity contribution is 9.10. The largest absolute Gasteiger partial charge is 0.249 e. The second kappa shape index (κ2) is 3.54. The van der Waals surface area contributed by atoms with Crippen molar-refractivity contribution in [1.29, 1.82) is 0 Å². The highest BCUT2D eigenvalue weighted by Crippen LogP contribution is 2.14. The van der Waals surface area contributed by atoms with Crippen molar-refractivity contribution in [3.8, 4) is 12.3 Å². The first-order chi connectivity index (χ1) is 5.24. The minimum Gasteiger partial charge on any atom is -0.249 e. The fourth-order valence-electron chi connectivity index (χ4n) is 0.740. The minimum atomic E-state index is 0.149. The van der Waals surface area contributed by atoms with E-state index >= 15 is 0 Å². The van der Waals surface area contributed by atoms with Crippen LogP contribution in [-0.2, 0) is 0 Å². The van der Waals surface area contributed by atoms with Gasteiger partial charge in [-0.2, -0.15) is 0 Å². The lowest BCUT2D eigenvalue weighted by atomic mass is 10.1. The molecule has 2 heteroatoms. The Kier molecular flexibility index (Phi) is 2.67. The summed E-state index contributed by atoms with van der Waals surface area (Å²) in [6, 6.07) is 3.87. The Morgan fingerprint density at radius 2 is 2.36 bits per heavy atom. The number of hydrogen-bond acceptors (Lipinski definition) is 1. The third-order valence-electron chi connectivity index (χ3n) is 1.50. The van der Waals surface area contributed by atoms with Crippen LogP contribution in [-0.4, -0.2) is 4.98 Å². The maximum absolute atomic E-state index is 5.25. The maximum atomic E-state index is 5.25. The molecule has 0 saturated heterocycles. The summed E-state index contributed by atoms with van der Waals surface area (Å²) in [6.45, 7) is 1.98. The Labute approximate surface area is 75.0 Å². The molecule has 0 saturated carbocycles. The first-order valence-corrected chi connectivity index (χ1v) is 4.11. The second-order valence-electron chi connectivity index (χ2n) is 2.30. The van der Waals surface area contributed by atoms with Gasteiger partial charge < -0.3 is 0 Å². The summed E-state index contributed by atoms with van der Waals surface area (Å²) in [5.74, 6) is 2.79. The van der Waals surface area contributed by atoms with Crippen LogP contribution < -0.4 is 0 Å². The topological polar surface area (TPSA) is 12.9 Å². The predicted molar refractivity (Wildman–Crippen MR) is 49.2 cm³/mol. The van der Waals surface area contributed by atoms with Gasteiger partial charge in [0.1, 0.15) is 4.60 Å². The van der Waals surface area contributed by atoms with Crippen molar-refractivity contribution in [3.63, 3.8) is 0 Å². The van der Waals surface area contributed by atoms with Crippen LogP contribution >= 0.6 is 15.9 Å². The molecule has 1 atom stereocenters. The molecule has 11 heavy (non-hydrogen) atoms. The number of aromatic nitrogens is 1. The van der Waals surface area contributed by atoms with E-state index in [1.807, 2.05) is 19.1 Å². The molecule has 0 spiro atoms. The van der Waals surface area contributed by atoms with Crippen LogP contribution in [0.2, 0.25) is 0 Å². The third kappa shape index (κ3) is 2.06. The van der Waals surface area contributed by atoms with E-state index < -0.39 is 0 Å². The first kappa shape index (κ1) is 8.29. The molecular formula is C9H8BrN. The lowest BCUT2D eigenvalue weighted by Crippen LogP contribution is -1.89. The number of terminal acetylenes is 1. The summed E-state index contributed by atoms with van der Waals surface area (Å²) in [7, 11) is 0. The van der Waals surface area contributed by atoms with Crippen molar-refractivity contribution >= 4 is 15.9 Å². The fourth-order valence-corrected chi connectivity index (χ4v) is 0.974. The second-order valence-corrected chi connectivity index (χ2v) is 3.12. The fraction of sp³-hybridized carbons (Fsp3) is 0.222. The Morgan fingerprint density at radius 3 is 2.82 bits per heavy atom. The van der Waals surface area contributed by atoms with Crippen LogP contribution in [0, 0.1) is 12.3 Å². The van der Waals surface area contributed by atoms with E-state index in [0.717, 1.165) is 10.2 Å². The normalized spacial score (nSPS) is 12.1.